The van der Waals surface area contributed by atoms with Crippen molar-refractivity contribution in [2.45, 2.75) is 38.5 Å². The normalized spacial score (nSPS) is 11.3. The van der Waals surface area contributed by atoms with E-state index in [0.29, 0.717) is 25.8 Å². The van der Waals surface area contributed by atoms with Crippen LogP contribution in [0.2, 0.25) is 0 Å². The van der Waals surface area contributed by atoms with Crippen molar-refractivity contribution in [3.05, 3.63) is 71.8 Å². The second-order valence-corrected chi connectivity index (χ2v) is 6.96. The van der Waals surface area contributed by atoms with Crippen LogP contribution in [0.25, 0.3) is 0 Å². The molecular weight excluding hydrogens is 398 g/mol. The summed E-state index contributed by atoms with van der Waals surface area (Å²) in [6.45, 7) is 0.594. The number of hydrogen-bond donors (Lipinski definition) is 3. The van der Waals surface area contributed by atoms with Gasteiger partial charge >= 0.3 is 12.1 Å². The van der Waals surface area contributed by atoms with Crippen LogP contribution in [0.15, 0.2) is 60.7 Å². The minimum Gasteiger partial charge on any atom is -0.460 e. The molecule has 0 radical (unpaired) electrons. The largest absolute Gasteiger partial charge is 0.460 e. The van der Waals surface area contributed by atoms with E-state index in [4.69, 9.17) is 15.2 Å². The molecule has 2 rings (SSSR count). The number of benzene rings is 2. The van der Waals surface area contributed by atoms with Gasteiger partial charge in [0.2, 0.25) is 5.91 Å². The maximum atomic E-state index is 11.9. The number of nitrogens with two attached hydrogens (primary N) is 1. The van der Waals surface area contributed by atoms with Crippen molar-refractivity contribution < 1.29 is 23.9 Å². The Labute approximate surface area is 182 Å². The Kier molecular flexibility index (Phi) is 10.6. The fraction of sp³-hybridized carbons (Fsp3) is 0.348. The Bertz CT molecular complexity index is 814. The molecule has 8 nitrogen and oxygen atoms in total. The molecule has 4 N–H and O–H groups in total. The first-order valence-corrected chi connectivity index (χ1v) is 10.2. The Balaban J connectivity index is 1.48. The highest BCUT2D eigenvalue weighted by molar-refractivity contribution is 5.82. The molecule has 0 aliphatic heterocycles. The van der Waals surface area contributed by atoms with Gasteiger partial charge in [0, 0.05) is 6.54 Å². The van der Waals surface area contributed by atoms with Crippen LogP contribution in [0.4, 0.5) is 4.79 Å². The minimum atomic E-state index is -0.694. The van der Waals surface area contributed by atoms with Gasteiger partial charge in [-0.1, -0.05) is 60.7 Å². The lowest BCUT2D eigenvalue weighted by atomic mass is 10.1. The third-order valence-electron chi connectivity index (χ3n) is 4.40. The molecule has 0 spiro atoms. The summed E-state index contributed by atoms with van der Waals surface area (Å²) in [7, 11) is 0. The highest BCUT2D eigenvalue weighted by atomic mass is 16.5. The Morgan fingerprint density at radius 2 is 1.39 bits per heavy atom. The summed E-state index contributed by atoms with van der Waals surface area (Å²) in [6.07, 6.45) is 1.13. The Morgan fingerprint density at radius 3 is 2.00 bits per heavy atom. The molecule has 0 bridgehead atoms. The minimum absolute atomic E-state index is 0.141. The van der Waals surface area contributed by atoms with Crippen LogP contribution in [0.5, 0.6) is 0 Å². The van der Waals surface area contributed by atoms with E-state index in [9.17, 15) is 14.4 Å². The molecule has 166 valence electrons. The molecule has 8 heteroatoms. The van der Waals surface area contributed by atoms with Gasteiger partial charge in [0.1, 0.15) is 19.3 Å². The van der Waals surface area contributed by atoms with E-state index in [1.165, 1.54) is 0 Å². The van der Waals surface area contributed by atoms with E-state index in [-0.39, 0.29) is 25.7 Å². The van der Waals surface area contributed by atoms with Gasteiger partial charge in [-0.25, -0.2) is 4.79 Å². The van der Waals surface area contributed by atoms with Gasteiger partial charge in [0.15, 0.2) is 0 Å². The fourth-order valence-electron chi connectivity index (χ4n) is 2.66. The maximum absolute atomic E-state index is 11.9. The quantitative estimate of drug-likeness (QED) is 0.353. The smallest absolute Gasteiger partial charge is 0.407 e. The number of unbranched alkanes of at least 4 members (excludes halogenated alkanes) is 1. The molecule has 2 amide bonds. The van der Waals surface area contributed by atoms with Crippen molar-refractivity contribution in [3.63, 3.8) is 0 Å². The van der Waals surface area contributed by atoms with Crippen molar-refractivity contribution in [2.24, 2.45) is 5.73 Å². The Morgan fingerprint density at radius 1 is 0.806 bits per heavy atom. The molecular formula is C23H29N3O5. The number of hydrogen-bond acceptors (Lipinski definition) is 6. The molecule has 0 saturated heterocycles. The van der Waals surface area contributed by atoms with Crippen LogP contribution in [0.3, 0.4) is 0 Å². The topological polar surface area (TPSA) is 120 Å². The van der Waals surface area contributed by atoms with Gasteiger partial charge < -0.3 is 25.8 Å². The van der Waals surface area contributed by atoms with E-state index in [0.717, 1.165) is 11.1 Å². The zero-order chi connectivity index (χ0) is 22.3. The van der Waals surface area contributed by atoms with E-state index < -0.39 is 18.1 Å². The van der Waals surface area contributed by atoms with Gasteiger partial charge in [0.25, 0.3) is 0 Å². The lowest BCUT2D eigenvalue weighted by Crippen LogP contribution is -2.37. The summed E-state index contributed by atoms with van der Waals surface area (Å²) in [5.74, 6) is -0.755. The SMILES string of the molecule is N[C@@H](CCCCNC(=O)CNC(=O)OCc1ccccc1)C(=O)OCc1ccccc1. The summed E-state index contributed by atoms with van der Waals surface area (Å²) >= 11 is 0. The van der Waals surface area contributed by atoms with Crippen molar-refractivity contribution in [2.75, 3.05) is 13.1 Å². The lowest BCUT2D eigenvalue weighted by Gasteiger charge is -2.12. The maximum Gasteiger partial charge on any atom is 0.407 e. The summed E-state index contributed by atoms with van der Waals surface area (Å²) in [5.41, 5.74) is 7.62. The number of ether oxygens (including phenoxy) is 2. The number of amides is 2. The van der Waals surface area contributed by atoms with Crippen LogP contribution in [-0.2, 0) is 32.3 Å². The number of carbonyl (C=O) groups excluding carboxylic acids is 3. The standard InChI is InChI=1S/C23H29N3O5/c24-20(22(28)30-16-18-9-3-1-4-10-18)13-7-8-14-25-21(27)15-26-23(29)31-17-19-11-5-2-6-12-19/h1-6,9-12,20H,7-8,13-17,24H2,(H,25,27)(H,26,29)/t20-/m0/s1. The van der Waals surface area contributed by atoms with Crippen LogP contribution in [0, 0.1) is 0 Å². The predicted molar refractivity (Wildman–Crippen MR) is 116 cm³/mol. The predicted octanol–water partition coefficient (Wildman–Crippen LogP) is 2.27. The van der Waals surface area contributed by atoms with Gasteiger partial charge in [-0.2, -0.15) is 0 Å². The number of alkyl carbamates (subject to hydrolysis) is 1. The van der Waals surface area contributed by atoms with E-state index in [2.05, 4.69) is 10.6 Å². The third kappa shape index (κ3) is 10.3. The van der Waals surface area contributed by atoms with Gasteiger partial charge in [0.05, 0.1) is 6.54 Å². The molecule has 2 aromatic rings. The molecule has 0 heterocycles. The second-order valence-electron chi connectivity index (χ2n) is 6.96. The van der Waals surface area contributed by atoms with Crippen molar-refractivity contribution >= 4 is 18.0 Å². The van der Waals surface area contributed by atoms with Crippen molar-refractivity contribution in [3.8, 4) is 0 Å². The lowest BCUT2D eigenvalue weighted by molar-refractivity contribution is -0.146. The van der Waals surface area contributed by atoms with Crippen LogP contribution < -0.4 is 16.4 Å². The molecule has 2 aromatic carbocycles. The first-order chi connectivity index (χ1) is 15.0. The van der Waals surface area contributed by atoms with Gasteiger partial charge in [-0.15, -0.1) is 0 Å². The Hall–Kier alpha value is -3.39. The zero-order valence-electron chi connectivity index (χ0n) is 17.4. The first kappa shape index (κ1) is 23.9. The molecule has 1 atom stereocenters. The summed E-state index contributed by atoms with van der Waals surface area (Å²) in [6, 6.07) is 18.0. The number of carbonyl (C=O) groups is 3. The molecule has 0 aliphatic rings. The number of nitrogens with one attached hydrogen (secondary N) is 2. The average molecular weight is 428 g/mol. The highest BCUT2D eigenvalue weighted by Crippen LogP contribution is 2.05. The van der Waals surface area contributed by atoms with Gasteiger partial charge in [-0.05, 0) is 30.4 Å². The molecule has 0 fully saturated rings. The third-order valence-corrected chi connectivity index (χ3v) is 4.40. The molecule has 0 unspecified atom stereocenters. The first-order valence-electron chi connectivity index (χ1n) is 10.2. The van der Waals surface area contributed by atoms with Crippen LogP contribution in [-0.4, -0.2) is 37.1 Å². The monoisotopic (exact) mass is 427 g/mol. The molecule has 31 heavy (non-hydrogen) atoms. The number of esters is 1. The van der Waals surface area contributed by atoms with Crippen LogP contribution >= 0.6 is 0 Å². The van der Waals surface area contributed by atoms with Crippen molar-refractivity contribution in [1.82, 2.24) is 10.6 Å². The van der Waals surface area contributed by atoms with Gasteiger partial charge in [-0.3, -0.25) is 9.59 Å². The molecule has 0 aromatic heterocycles. The zero-order valence-corrected chi connectivity index (χ0v) is 17.4. The van der Waals surface area contributed by atoms with E-state index >= 15 is 0 Å². The molecule has 0 saturated carbocycles. The van der Waals surface area contributed by atoms with E-state index in [1.807, 2.05) is 60.7 Å². The van der Waals surface area contributed by atoms with Crippen molar-refractivity contribution in [1.29, 1.82) is 0 Å². The highest BCUT2D eigenvalue weighted by Gasteiger charge is 2.14. The summed E-state index contributed by atoms with van der Waals surface area (Å²) < 4.78 is 10.2. The number of rotatable bonds is 12. The fourth-order valence-corrected chi connectivity index (χ4v) is 2.66. The average Bonchev–Trinajstić information content (AvgIpc) is 2.80. The molecule has 0 aliphatic carbocycles. The van der Waals surface area contributed by atoms with E-state index in [1.54, 1.807) is 0 Å². The van der Waals surface area contributed by atoms with Crippen LogP contribution in [0.1, 0.15) is 30.4 Å². The second kappa shape index (κ2) is 13.8. The summed E-state index contributed by atoms with van der Waals surface area (Å²) in [5, 5.41) is 5.10. The summed E-state index contributed by atoms with van der Waals surface area (Å²) in [4.78, 5) is 35.3.